The van der Waals surface area contributed by atoms with Crippen LogP contribution in [0, 0.1) is 5.95 Å². The fourth-order valence-corrected chi connectivity index (χ4v) is 0.687. The smallest absolute Gasteiger partial charge is 0.280 e. The molecule has 0 radical (unpaired) electrons. The molecule has 0 aromatic carbocycles. The fourth-order valence-electron chi connectivity index (χ4n) is 0.687. The number of aromatic nitrogens is 2. The number of carbonyl (C=O) groups excluding carboxylic acids is 2. The van der Waals surface area contributed by atoms with Crippen molar-refractivity contribution in [1.29, 1.82) is 0 Å². The van der Waals surface area contributed by atoms with Crippen molar-refractivity contribution in [2.24, 2.45) is 5.73 Å². The first-order valence-corrected chi connectivity index (χ1v) is 3.11. The van der Waals surface area contributed by atoms with Crippen LogP contribution in [0.1, 0.15) is 21.0 Å². The average Bonchev–Trinajstić information content (AvgIpc) is 2.07. The Hall–Kier alpha value is -2.05. The minimum absolute atomic E-state index is 0.0779. The van der Waals surface area contributed by atoms with Crippen LogP contribution in [0.4, 0.5) is 4.39 Å². The molecule has 1 rings (SSSR count). The molecule has 1 amide bonds. The summed E-state index contributed by atoms with van der Waals surface area (Å²) >= 11 is 0. The molecule has 1 aromatic rings. The SMILES string of the molecule is NC(=O)c1nc(F)c(C=O)[nH]c1=O. The maximum absolute atomic E-state index is 12.7. The van der Waals surface area contributed by atoms with Crippen LogP contribution >= 0.6 is 0 Å². The Kier molecular flexibility index (Phi) is 2.18. The van der Waals surface area contributed by atoms with E-state index < -0.39 is 28.8 Å². The fraction of sp³-hybridized carbons (Fsp3) is 0. The van der Waals surface area contributed by atoms with Gasteiger partial charge in [0, 0.05) is 0 Å². The lowest BCUT2D eigenvalue weighted by atomic mass is 10.4. The zero-order valence-corrected chi connectivity index (χ0v) is 6.20. The van der Waals surface area contributed by atoms with Crippen molar-refractivity contribution in [1.82, 2.24) is 9.97 Å². The van der Waals surface area contributed by atoms with Crippen LogP contribution in [0.2, 0.25) is 0 Å². The molecule has 3 N–H and O–H groups in total. The van der Waals surface area contributed by atoms with Gasteiger partial charge in [-0.05, 0) is 0 Å². The molecule has 0 aliphatic carbocycles. The molecule has 0 unspecified atom stereocenters. The van der Waals surface area contributed by atoms with E-state index in [2.05, 4.69) is 4.98 Å². The molecule has 0 saturated heterocycles. The van der Waals surface area contributed by atoms with Gasteiger partial charge in [-0.1, -0.05) is 0 Å². The minimum atomic E-state index is -1.23. The van der Waals surface area contributed by atoms with Crippen molar-refractivity contribution in [3.05, 3.63) is 27.7 Å². The lowest BCUT2D eigenvalue weighted by Crippen LogP contribution is -2.27. The van der Waals surface area contributed by atoms with E-state index in [0.29, 0.717) is 0 Å². The number of halogens is 1. The van der Waals surface area contributed by atoms with Gasteiger partial charge in [-0.15, -0.1) is 0 Å². The average molecular weight is 185 g/mol. The number of rotatable bonds is 2. The van der Waals surface area contributed by atoms with Crippen LogP contribution in [0.15, 0.2) is 4.79 Å². The normalized spacial score (nSPS) is 9.62. The first kappa shape index (κ1) is 9.04. The highest BCUT2D eigenvalue weighted by Crippen LogP contribution is 1.94. The molecule has 68 valence electrons. The summed E-state index contributed by atoms with van der Waals surface area (Å²) in [5, 5.41) is 0. The van der Waals surface area contributed by atoms with Crippen molar-refractivity contribution < 1.29 is 14.0 Å². The van der Waals surface area contributed by atoms with E-state index in [4.69, 9.17) is 5.73 Å². The van der Waals surface area contributed by atoms with E-state index in [9.17, 15) is 18.8 Å². The zero-order valence-electron chi connectivity index (χ0n) is 6.20. The van der Waals surface area contributed by atoms with Gasteiger partial charge in [0.05, 0.1) is 0 Å². The predicted octanol–water partition coefficient (Wildman–Crippen LogP) is -1.18. The van der Waals surface area contributed by atoms with Crippen molar-refractivity contribution in [2.75, 3.05) is 0 Å². The molecule has 6 nitrogen and oxygen atoms in total. The van der Waals surface area contributed by atoms with E-state index in [0.717, 1.165) is 0 Å². The quantitative estimate of drug-likeness (QED) is 0.565. The Morgan fingerprint density at radius 3 is 2.69 bits per heavy atom. The monoisotopic (exact) mass is 185 g/mol. The first-order chi connectivity index (χ1) is 6.06. The van der Waals surface area contributed by atoms with E-state index in [-0.39, 0.29) is 6.29 Å². The Balaban J connectivity index is 3.46. The number of primary amides is 1. The molecule has 0 atom stereocenters. The Morgan fingerprint density at radius 2 is 2.23 bits per heavy atom. The number of nitrogens with one attached hydrogen (secondary N) is 1. The summed E-state index contributed by atoms with van der Waals surface area (Å²) in [5.41, 5.74) is 2.33. The number of aldehydes is 1. The van der Waals surface area contributed by atoms with Crippen LogP contribution in [-0.4, -0.2) is 22.2 Å². The summed E-state index contributed by atoms with van der Waals surface area (Å²) in [6.07, 6.45) is 0.0779. The standard InChI is InChI=1S/C6H4FN3O3/c7-4-2(1-11)9-6(13)3(10-4)5(8)12/h1H,(H2,8,12)(H,9,13). The maximum atomic E-state index is 12.7. The summed E-state index contributed by atoms with van der Waals surface area (Å²) in [7, 11) is 0. The van der Waals surface area contributed by atoms with Gasteiger partial charge in [0.25, 0.3) is 11.5 Å². The molecule has 13 heavy (non-hydrogen) atoms. The summed E-state index contributed by atoms with van der Waals surface area (Å²) in [5.74, 6) is -2.39. The third-order valence-corrected chi connectivity index (χ3v) is 1.25. The molecule has 0 saturated carbocycles. The number of hydrogen-bond acceptors (Lipinski definition) is 4. The van der Waals surface area contributed by atoms with Gasteiger partial charge in [0.15, 0.2) is 12.0 Å². The molecule has 0 fully saturated rings. The highest BCUT2D eigenvalue weighted by Gasteiger charge is 2.13. The number of nitrogens with zero attached hydrogens (tertiary/aromatic N) is 1. The van der Waals surface area contributed by atoms with Crippen LogP contribution in [0.3, 0.4) is 0 Å². The molecule has 0 bridgehead atoms. The number of H-pyrrole nitrogens is 1. The second-order valence-electron chi connectivity index (χ2n) is 2.10. The Morgan fingerprint density at radius 1 is 1.62 bits per heavy atom. The molecular weight excluding hydrogens is 181 g/mol. The predicted molar refractivity (Wildman–Crippen MR) is 38.7 cm³/mol. The molecule has 0 spiro atoms. The Labute approximate surface area is 70.6 Å². The number of nitrogens with two attached hydrogens (primary N) is 1. The maximum Gasteiger partial charge on any atom is 0.280 e. The number of amides is 1. The second-order valence-corrected chi connectivity index (χ2v) is 2.10. The third-order valence-electron chi connectivity index (χ3n) is 1.25. The second kappa shape index (κ2) is 3.13. The van der Waals surface area contributed by atoms with Crippen LogP contribution in [-0.2, 0) is 0 Å². The lowest BCUT2D eigenvalue weighted by Gasteiger charge is -1.95. The number of hydrogen-bond donors (Lipinski definition) is 2. The number of carbonyl (C=O) groups is 2. The van der Waals surface area contributed by atoms with Crippen molar-refractivity contribution >= 4 is 12.2 Å². The van der Waals surface area contributed by atoms with Crippen molar-refractivity contribution in [2.45, 2.75) is 0 Å². The molecule has 1 aromatic heterocycles. The van der Waals surface area contributed by atoms with Crippen LogP contribution in [0.25, 0.3) is 0 Å². The lowest BCUT2D eigenvalue weighted by molar-refractivity contribution is 0.0990. The Bertz CT molecular complexity index is 426. The van der Waals surface area contributed by atoms with Gasteiger partial charge in [-0.25, -0.2) is 4.98 Å². The summed E-state index contributed by atoms with van der Waals surface area (Å²) in [6, 6.07) is 0. The number of aromatic amines is 1. The van der Waals surface area contributed by atoms with Crippen molar-refractivity contribution in [3.63, 3.8) is 0 Å². The van der Waals surface area contributed by atoms with Gasteiger partial charge in [-0.2, -0.15) is 4.39 Å². The highest BCUT2D eigenvalue weighted by molar-refractivity contribution is 5.90. The molecule has 0 aliphatic heterocycles. The van der Waals surface area contributed by atoms with Gasteiger partial charge >= 0.3 is 0 Å². The highest BCUT2D eigenvalue weighted by atomic mass is 19.1. The molecule has 7 heteroatoms. The van der Waals surface area contributed by atoms with Gasteiger partial charge < -0.3 is 10.7 Å². The molecule has 0 aliphatic rings. The zero-order chi connectivity index (χ0) is 10.0. The van der Waals surface area contributed by atoms with Gasteiger partial charge in [0.1, 0.15) is 5.69 Å². The largest absolute Gasteiger partial charge is 0.364 e. The van der Waals surface area contributed by atoms with Crippen LogP contribution in [0.5, 0.6) is 0 Å². The van der Waals surface area contributed by atoms with Crippen LogP contribution < -0.4 is 11.3 Å². The first-order valence-electron chi connectivity index (χ1n) is 3.11. The van der Waals surface area contributed by atoms with Gasteiger partial charge in [-0.3, -0.25) is 14.4 Å². The summed E-state index contributed by atoms with van der Waals surface area (Å²) < 4.78 is 12.7. The third kappa shape index (κ3) is 1.58. The van der Waals surface area contributed by atoms with E-state index in [1.807, 2.05) is 4.98 Å². The van der Waals surface area contributed by atoms with Crippen molar-refractivity contribution in [3.8, 4) is 0 Å². The van der Waals surface area contributed by atoms with Gasteiger partial charge in [0.2, 0.25) is 5.95 Å². The molecule has 1 heterocycles. The van der Waals surface area contributed by atoms with E-state index in [1.165, 1.54) is 0 Å². The summed E-state index contributed by atoms with van der Waals surface area (Å²) in [4.78, 5) is 36.1. The minimum Gasteiger partial charge on any atom is -0.364 e. The van der Waals surface area contributed by atoms with E-state index in [1.54, 1.807) is 0 Å². The topological polar surface area (TPSA) is 106 Å². The van der Waals surface area contributed by atoms with E-state index >= 15 is 0 Å². The summed E-state index contributed by atoms with van der Waals surface area (Å²) in [6.45, 7) is 0. The molecular formula is C6H4FN3O3.